The van der Waals surface area contributed by atoms with Crippen LogP contribution in [0.5, 0.6) is 0 Å². The molecule has 6 heteroatoms. The van der Waals surface area contributed by atoms with E-state index in [4.69, 9.17) is 0 Å². The Morgan fingerprint density at radius 3 is 2.65 bits per heavy atom. The molecule has 0 radical (unpaired) electrons. The van der Waals surface area contributed by atoms with Crippen LogP contribution in [0.15, 0.2) is 24.3 Å². The first-order valence-electron chi connectivity index (χ1n) is 9.27. The van der Waals surface area contributed by atoms with Crippen LogP contribution in [-0.2, 0) is 19.4 Å². The van der Waals surface area contributed by atoms with Gasteiger partial charge in [0.25, 0.3) is 5.91 Å². The summed E-state index contributed by atoms with van der Waals surface area (Å²) in [6.45, 7) is 8.64. The molecule has 0 saturated carbocycles. The van der Waals surface area contributed by atoms with E-state index < -0.39 is 0 Å². The Morgan fingerprint density at radius 2 is 2.00 bits per heavy atom. The first-order chi connectivity index (χ1) is 12.1. The van der Waals surface area contributed by atoms with Gasteiger partial charge in [-0.3, -0.25) is 9.89 Å². The Bertz CT molecular complexity index is 726. The number of H-pyrrole nitrogens is 1. The van der Waals surface area contributed by atoms with Gasteiger partial charge in [0.2, 0.25) is 0 Å². The van der Waals surface area contributed by atoms with E-state index in [1.54, 1.807) is 0 Å². The van der Waals surface area contributed by atoms with E-state index >= 15 is 0 Å². The van der Waals surface area contributed by atoms with Crippen molar-refractivity contribution >= 4 is 18.3 Å². The molecule has 26 heavy (non-hydrogen) atoms. The number of fused-ring (bicyclic) bond motifs is 1. The van der Waals surface area contributed by atoms with E-state index in [1.807, 2.05) is 11.8 Å². The van der Waals surface area contributed by atoms with Gasteiger partial charge in [-0.15, -0.1) is 12.4 Å². The fourth-order valence-electron chi connectivity index (χ4n) is 3.58. The summed E-state index contributed by atoms with van der Waals surface area (Å²) in [6, 6.07) is 8.78. The maximum atomic E-state index is 13.2. The molecule has 1 aromatic heterocycles. The number of hydrogen-bond donors (Lipinski definition) is 2. The maximum Gasteiger partial charge on any atom is 0.274 e. The van der Waals surface area contributed by atoms with Crippen molar-refractivity contribution in [3.63, 3.8) is 0 Å². The van der Waals surface area contributed by atoms with Gasteiger partial charge in [-0.25, -0.2) is 0 Å². The number of carbonyl (C=O) groups is 1. The van der Waals surface area contributed by atoms with Gasteiger partial charge >= 0.3 is 0 Å². The fourth-order valence-corrected chi connectivity index (χ4v) is 3.58. The molecule has 1 aliphatic rings. The van der Waals surface area contributed by atoms with Crippen LogP contribution < -0.4 is 5.32 Å². The predicted molar refractivity (Wildman–Crippen MR) is 107 cm³/mol. The Hall–Kier alpha value is -1.85. The largest absolute Gasteiger partial charge is 0.334 e. The van der Waals surface area contributed by atoms with E-state index in [-0.39, 0.29) is 24.4 Å². The molecule has 0 bridgehead atoms. The molecule has 0 aliphatic carbocycles. The third kappa shape index (κ3) is 4.27. The Kier molecular flexibility index (Phi) is 7.23. The average molecular weight is 377 g/mol. The number of likely N-dealkylation sites (N-methyl/N-ethyl adjacent to an activating group) is 1. The van der Waals surface area contributed by atoms with Gasteiger partial charge < -0.3 is 10.2 Å². The first-order valence-corrected chi connectivity index (χ1v) is 9.27. The van der Waals surface area contributed by atoms with Gasteiger partial charge in [0.05, 0.1) is 0 Å². The molecule has 5 nitrogen and oxygen atoms in total. The lowest BCUT2D eigenvalue weighted by Gasteiger charge is -2.30. The van der Waals surface area contributed by atoms with E-state index in [0.717, 1.165) is 43.6 Å². The third-order valence-corrected chi connectivity index (χ3v) is 5.11. The van der Waals surface area contributed by atoms with Crippen LogP contribution in [0.1, 0.15) is 53.1 Å². The van der Waals surface area contributed by atoms with Crippen LogP contribution >= 0.6 is 12.4 Å². The molecule has 0 spiro atoms. The molecule has 1 amide bonds. The molecular weight excluding hydrogens is 348 g/mol. The number of rotatable bonds is 6. The van der Waals surface area contributed by atoms with Crippen LogP contribution in [0.25, 0.3) is 0 Å². The van der Waals surface area contributed by atoms with Gasteiger partial charge in [-0.2, -0.15) is 5.10 Å². The highest BCUT2D eigenvalue weighted by atomic mass is 35.5. The van der Waals surface area contributed by atoms with Gasteiger partial charge in [0.1, 0.15) is 0 Å². The number of carbonyl (C=O) groups excluding carboxylic acids is 1. The minimum absolute atomic E-state index is 0. The van der Waals surface area contributed by atoms with Crippen molar-refractivity contribution in [2.75, 3.05) is 13.1 Å². The summed E-state index contributed by atoms with van der Waals surface area (Å²) in [5, 5.41) is 10.7. The van der Waals surface area contributed by atoms with E-state index in [0.29, 0.717) is 12.2 Å². The van der Waals surface area contributed by atoms with Gasteiger partial charge in [-0.05, 0) is 32.3 Å². The number of amides is 1. The van der Waals surface area contributed by atoms with Crippen LogP contribution in [0, 0.1) is 6.92 Å². The number of aromatic nitrogens is 2. The number of halogens is 1. The second kappa shape index (κ2) is 9.19. The highest BCUT2D eigenvalue weighted by Crippen LogP contribution is 2.20. The lowest BCUT2D eigenvalue weighted by Crippen LogP contribution is -2.42. The molecule has 1 aromatic carbocycles. The molecule has 0 fully saturated rings. The second-order valence-electron chi connectivity index (χ2n) is 6.80. The summed E-state index contributed by atoms with van der Waals surface area (Å²) in [6.07, 6.45) is 2.71. The lowest BCUT2D eigenvalue weighted by molar-refractivity contribution is 0.0676. The molecule has 2 heterocycles. The zero-order valence-electron chi connectivity index (χ0n) is 15.8. The normalized spacial score (nSPS) is 14.3. The number of aryl methyl sites for hydroxylation is 1. The molecular formula is C20H29ClN4O. The summed E-state index contributed by atoms with van der Waals surface area (Å²) in [4.78, 5) is 15.1. The molecule has 0 saturated heterocycles. The SMILES string of the molecule is CCC(Cc1ccc(C)cc1)N(CC)C(=O)c1n[nH]c2c1CNCC2.Cl. The van der Waals surface area contributed by atoms with Crippen LogP contribution in [0.2, 0.25) is 0 Å². The minimum Gasteiger partial charge on any atom is -0.334 e. The molecule has 2 N–H and O–H groups in total. The summed E-state index contributed by atoms with van der Waals surface area (Å²) in [5.41, 5.74) is 5.27. The number of nitrogens with one attached hydrogen (secondary N) is 2. The third-order valence-electron chi connectivity index (χ3n) is 5.11. The van der Waals surface area contributed by atoms with Crippen LogP contribution in [0.3, 0.4) is 0 Å². The monoisotopic (exact) mass is 376 g/mol. The van der Waals surface area contributed by atoms with Gasteiger partial charge in [-0.1, -0.05) is 36.8 Å². The lowest BCUT2D eigenvalue weighted by atomic mass is 10.00. The zero-order valence-corrected chi connectivity index (χ0v) is 16.7. The standard InChI is InChI=1S/C20H28N4O.ClH/c1-4-16(12-15-8-6-14(3)7-9-15)24(5-2)20(25)19-17-13-21-11-10-18(17)22-23-19;/h6-9,16,21H,4-5,10-13H2,1-3H3,(H,22,23);1H. The highest BCUT2D eigenvalue weighted by molar-refractivity contribution is 5.94. The number of nitrogens with zero attached hydrogens (tertiary/aromatic N) is 2. The molecule has 142 valence electrons. The Morgan fingerprint density at radius 1 is 1.27 bits per heavy atom. The smallest absolute Gasteiger partial charge is 0.274 e. The van der Waals surface area contributed by atoms with Crippen molar-refractivity contribution in [1.82, 2.24) is 20.4 Å². The zero-order chi connectivity index (χ0) is 17.8. The van der Waals surface area contributed by atoms with E-state index in [2.05, 4.69) is 53.6 Å². The first kappa shape index (κ1) is 20.5. The van der Waals surface area contributed by atoms with E-state index in [9.17, 15) is 4.79 Å². The molecule has 2 aromatic rings. The predicted octanol–water partition coefficient (Wildman–Crippen LogP) is 3.27. The number of aromatic amines is 1. The minimum atomic E-state index is 0. The quantitative estimate of drug-likeness (QED) is 0.813. The summed E-state index contributed by atoms with van der Waals surface area (Å²) >= 11 is 0. The van der Waals surface area contributed by atoms with Crippen molar-refractivity contribution in [2.45, 2.75) is 52.6 Å². The molecule has 1 atom stereocenters. The Labute approximate surface area is 162 Å². The number of benzene rings is 1. The van der Waals surface area contributed by atoms with E-state index in [1.165, 1.54) is 11.1 Å². The summed E-state index contributed by atoms with van der Waals surface area (Å²) in [7, 11) is 0. The van der Waals surface area contributed by atoms with Crippen molar-refractivity contribution < 1.29 is 4.79 Å². The van der Waals surface area contributed by atoms with Crippen LogP contribution in [0.4, 0.5) is 0 Å². The molecule has 1 aliphatic heterocycles. The highest BCUT2D eigenvalue weighted by Gasteiger charge is 2.28. The topological polar surface area (TPSA) is 61.0 Å². The summed E-state index contributed by atoms with van der Waals surface area (Å²) in [5.74, 6) is 0.0441. The van der Waals surface area contributed by atoms with Crippen LogP contribution in [-0.4, -0.2) is 40.1 Å². The van der Waals surface area contributed by atoms with Crippen molar-refractivity contribution in [3.05, 3.63) is 52.3 Å². The fraction of sp³-hybridized carbons (Fsp3) is 0.500. The molecule has 1 unspecified atom stereocenters. The maximum absolute atomic E-state index is 13.2. The number of hydrogen-bond acceptors (Lipinski definition) is 3. The average Bonchev–Trinajstić information content (AvgIpc) is 3.07. The second-order valence-corrected chi connectivity index (χ2v) is 6.80. The van der Waals surface area contributed by atoms with Gasteiger partial charge in [0.15, 0.2) is 5.69 Å². The van der Waals surface area contributed by atoms with Crippen molar-refractivity contribution in [3.8, 4) is 0 Å². The Balaban J connectivity index is 0.00000243. The van der Waals surface area contributed by atoms with Crippen molar-refractivity contribution in [1.29, 1.82) is 0 Å². The molecule has 3 rings (SSSR count). The van der Waals surface area contributed by atoms with Gasteiger partial charge in [0, 0.05) is 43.4 Å². The van der Waals surface area contributed by atoms with Crippen molar-refractivity contribution in [2.24, 2.45) is 0 Å². The summed E-state index contributed by atoms with van der Waals surface area (Å²) < 4.78 is 0.